The molecular formula is C64H36F3N7. The average Bonchev–Trinajstić information content (AvgIpc) is 3.77. The lowest BCUT2D eigenvalue weighted by molar-refractivity contribution is -0.137. The number of hydrogen-bond donors (Lipinski definition) is 0. The standard InChI is InChI=1S/C64H36F3N7/c1-39-14-16-42(17-15-39)54-34-50(59-36-58(44-10-6-4-7-11-44)72-63(73-59)45-12-8-5-9-13-45)35-55(43-18-22-51(23-19-43)64(65,66)67)62(54)74-60-24-20-46(48-26-40(37-68)28-52(30-48)70-2)32-56(60)57-33-47(21-25-61(57)74)49-27-41(38-69)29-53(31-49)71-3/h4-36H,1H3. The SMILES string of the molecule is [C-]#[N+]c1cc(C#N)cc(-c2ccc3c(c2)c2cc(-c4cc(C#N)cc([N+]#[C-])c4)ccc2n3-c2c(-c3ccc(C)cc3)cc(-c3cc(-c4ccccc4)nc(-c4ccccc4)n3)cc2-c2ccc(C(F)(F)F)cc2)c1. The molecule has 0 saturated heterocycles. The lowest BCUT2D eigenvalue weighted by atomic mass is 9.91. The maximum Gasteiger partial charge on any atom is 0.416 e. The van der Waals surface area contributed by atoms with Gasteiger partial charge >= 0.3 is 6.18 Å². The molecule has 11 rings (SSSR count). The minimum atomic E-state index is -4.58. The molecule has 0 aliphatic rings. The summed E-state index contributed by atoms with van der Waals surface area (Å²) >= 11 is 0. The van der Waals surface area contributed by atoms with E-state index >= 15 is 0 Å². The van der Waals surface area contributed by atoms with Crippen LogP contribution in [0.15, 0.2) is 200 Å². The molecule has 348 valence electrons. The fourth-order valence-corrected chi connectivity index (χ4v) is 9.54. The zero-order valence-electron chi connectivity index (χ0n) is 39.3. The molecule has 0 unspecified atom stereocenters. The van der Waals surface area contributed by atoms with E-state index in [2.05, 4.69) is 32.5 Å². The van der Waals surface area contributed by atoms with Crippen LogP contribution in [0.2, 0.25) is 0 Å². The molecule has 74 heavy (non-hydrogen) atoms. The molecule has 7 nitrogen and oxygen atoms in total. The van der Waals surface area contributed by atoms with Gasteiger partial charge in [0, 0.05) is 49.7 Å². The van der Waals surface area contributed by atoms with E-state index < -0.39 is 11.7 Å². The molecule has 0 bridgehead atoms. The highest BCUT2D eigenvalue weighted by molar-refractivity contribution is 6.13. The number of halogens is 3. The van der Waals surface area contributed by atoms with E-state index in [1.165, 1.54) is 12.1 Å². The Hall–Kier alpha value is -10.4. The number of benzene rings is 9. The second-order valence-electron chi connectivity index (χ2n) is 17.8. The molecule has 0 atom stereocenters. The summed E-state index contributed by atoms with van der Waals surface area (Å²) < 4.78 is 45.1. The Labute approximate surface area is 424 Å². The summed E-state index contributed by atoms with van der Waals surface area (Å²) in [4.78, 5) is 17.5. The molecule has 2 aromatic heterocycles. The molecule has 0 amide bonds. The van der Waals surface area contributed by atoms with Gasteiger partial charge in [-0.05, 0) is 131 Å². The quantitative estimate of drug-likeness (QED) is 0.142. The van der Waals surface area contributed by atoms with Gasteiger partial charge in [0.25, 0.3) is 0 Å². The molecule has 0 N–H and O–H groups in total. The molecular weight excluding hydrogens is 924 g/mol. The normalized spacial score (nSPS) is 11.2. The minimum absolute atomic E-state index is 0.316. The monoisotopic (exact) mass is 959 g/mol. The highest BCUT2D eigenvalue weighted by Gasteiger charge is 2.31. The predicted octanol–water partition coefficient (Wildman–Crippen LogP) is 17.4. The van der Waals surface area contributed by atoms with E-state index in [0.717, 1.165) is 72.9 Å². The van der Waals surface area contributed by atoms with Crippen molar-refractivity contribution in [1.29, 1.82) is 10.5 Å². The number of hydrogen-bond acceptors (Lipinski definition) is 4. The van der Waals surface area contributed by atoms with Crippen molar-refractivity contribution in [2.75, 3.05) is 0 Å². The zero-order chi connectivity index (χ0) is 51.1. The van der Waals surface area contributed by atoms with Crippen molar-refractivity contribution in [2.24, 2.45) is 0 Å². The van der Waals surface area contributed by atoms with E-state index in [9.17, 15) is 23.7 Å². The summed E-state index contributed by atoms with van der Waals surface area (Å²) in [6.07, 6.45) is -4.58. The second kappa shape index (κ2) is 18.7. The van der Waals surface area contributed by atoms with E-state index in [0.29, 0.717) is 73.2 Å². The number of fused-ring (bicyclic) bond motifs is 3. The molecule has 11 aromatic rings. The molecule has 0 saturated carbocycles. The van der Waals surface area contributed by atoms with Crippen LogP contribution in [-0.4, -0.2) is 14.5 Å². The van der Waals surface area contributed by atoms with Gasteiger partial charge in [-0.25, -0.2) is 19.7 Å². The first-order valence-electron chi connectivity index (χ1n) is 23.4. The molecule has 9 aromatic carbocycles. The van der Waals surface area contributed by atoms with E-state index in [1.807, 2.05) is 140 Å². The number of rotatable bonds is 8. The third-order valence-electron chi connectivity index (χ3n) is 13.1. The van der Waals surface area contributed by atoms with Crippen molar-refractivity contribution in [3.05, 3.63) is 245 Å². The summed E-state index contributed by atoms with van der Waals surface area (Å²) in [6.45, 7) is 17.6. The van der Waals surface area contributed by atoms with Gasteiger partial charge < -0.3 is 4.57 Å². The van der Waals surface area contributed by atoms with Gasteiger partial charge in [0.1, 0.15) is 0 Å². The van der Waals surface area contributed by atoms with Gasteiger partial charge in [-0.3, -0.25) is 0 Å². The summed E-state index contributed by atoms with van der Waals surface area (Å²) in [5.74, 6) is 0.501. The van der Waals surface area contributed by atoms with Crippen LogP contribution < -0.4 is 0 Å². The van der Waals surface area contributed by atoms with Crippen molar-refractivity contribution < 1.29 is 13.2 Å². The number of nitrogens with zero attached hydrogens (tertiary/aromatic N) is 7. The van der Waals surface area contributed by atoms with Crippen LogP contribution in [-0.2, 0) is 6.18 Å². The topological polar surface area (TPSA) is 87.0 Å². The van der Waals surface area contributed by atoms with Crippen LogP contribution in [0.3, 0.4) is 0 Å². The van der Waals surface area contributed by atoms with Crippen LogP contribution in [0.4, 0.5) is 24.5 Å². The minimum Gasteiger partial charge on any atom is -0.308 e. The Balaban J connectivity index is 1.26. The molecule has 10 heteroatoms. The van der Waals surface area contributed by atoms with Gasteiger partial charge in [-0.2, -0.15) is 23.7 Å². The fraction of sp³-hybridized carbons (Fsp3) is 0.0312. The first kappa shape index (κ1) is 46.0. The molecule has 0 spiro atoms. The lowest BCUT2D eigenvalue weighted by Gasteiger charge is -2.22. The van der Waals surface area contributed by atoms with E-state index in [-0.39, 0.29) is 0 Å². The highest BCUT2D eigenvalue weighted by atomic mass is 19.4. The summed E-state index contributed by atoms with van der Waals surface area (Å²) in [7, 11) is 0. The maximum absolute atomic E-state index is 14.3. The highest BCUT2D eigenvalue weighted by Crippen LogP contribution is 2.46. The van der Waals surface area contributed by atoms with Crippen molar-refractivity contribution in [1.82, 2.24) is 14.5 Å². The Morgan fingerprint density at radius 2 is 0.919 bits per heavy atom. The summed E-state index contributed by atoms with van der Waals surface area (Å²) in [5, 5.41) is 21.5. The zero-order valence-corrected chi connectivity index (χ0v) is 39.3. The first-order chi connectivity index (χ1) is 36.0. The van der Waals surface area contributed by atoms with Crippen molar-refractivity contribution in [2.45, 2.75) is 13.1 Å². The van der Waals surface area contributed by atoms with Gasteiger partial charge in [0.05, 0.1) is 59.0 Å². The van der Waals surface area contributed by atoms with Crippen LogP contribution in [0.5, 0.6) is 0 Å². The predicted molar refractivity (Wildman–Crippen MR) is 286 cm³/mol. The van der Waals surface area contributed by atoms with Crippen molar-refractivity contribution in [3.63, 3.8) is 0 Å². The summed E-state index contributed by atoms with van der Waals surface area (Å²) in [6, 6.07) is 65.2. The number of aromatic nitrogens is 3. The third-order valence-corrected chi connectivity index (χ3v) is 13.1. The number of nitriles is 2. The van der Waals surface area contributed by atoms with Crippen LogP contribution in [0.25, 0.3) is 116 Å². The Morgan fingerprint density at radius 1 is 0.459 bits per heavy atom. The maximum atomic E-state index is 14.3. The van der Waals surface area contributed by atoms with Gasteiger partial charge in [-0.1, -0.05) is 115 Å². The number of alkyl halides is 3. The smallest absolute Gasteiger partial charge is 0.308 e. The molecule has 2 heterocycles. The Kier molecular flexibility index (Phi) is 11.7. The van der Waals surface area contributed by atoms with E-state index in [1.54, 1.807) is 36.4 Å². The van der Waals surface area contributed by atoms with Crippen LogP contribution >= 0.6 is 0 Å². The first-order valence-corrected chi connectivity index (χ1v) is 23.4. The van der Waals surface area contributed by atoms with Gasteiger partial charge in [0.2, 0.25) is 0 Å². The van der Waals surface area contributed by atoms with Gasteiger partial charge in [0.15, 0.2) is 17.2 Å². The Morgan fingerprint density at radius 3 is 1.39 bits per heavy atom. The van der Waals surface area contributed by atoms with E-state index in [4.69, 9.17) is 23.1 Å². The molecule has 0 radical (unpaired) electrons. The molecule has 0 aliphatic carbocycles. The molecule has 0 aliphatic heterocycles. The van der Waals surface area contributed by atoms with Gasteiger partial charge in [-0.15, -0.1) is 0 Å². The van der Waals surface area contributed by atoms with Crippen molar-refractivity contribution >= 4 is 33.2 Å². The second-order valence-corrected chi connectivity index (χ2v) is 17.8. The van der Waals surface area contributed by atoms with Crippen LogP contribution in [0, 0.1) is 42.7 Å². The Bertz CT molecular complexity index is 3950. The van der Waals surface area contributed by atoms with Crippen molar-refractivity contribution in [3.8, 4) is 96.2 Å². The largest absolute Gasteiger partial charge is 0.416 e. The lowest BCUT2D eigenvalue weighted by Crippen LogP contribution is -2.05. The third kappa shape index (κ3) is 8.67. The fourth-order valence-electron chi connectivity index (χ4n) is 9.54. The molecule has 0 fully saturated rings. The average molecular weight is 960 g/mol. The summed E-state index contributed by atoms with van der Waals surface area (Å²) in [5.41, 5.74) is 13.0. The number of aryl methyl sites for hydroxylation is 1. The van der Waals surface area contributed by atoms with Crippen LogP contribution in [0.1, 0.15) is 22.3 Å².